The first-order valence-corrected chi connectivity index (χ1v) is 10.7. The number of aryl methyl sites for hydroxylation is 3. The molecule has 0 saturated carbocycles. The van der Waals surface area contributed by atoms with E-state index in [1.165, 1.54) is 16.7 Å². The number of rotatable bonds is 8. The maximum atomic E-state index is 11.8. The molecule has 0 radical (unpaired) electrons. The minimum Gasteiger partial charge on any atom is -0.356 e. The molecule has 0 spiro atoms. The van der Waals surface area contributed by atoms with Crippen LogP contribution in [0.1, 0.15) is 48.8 Å². The van der Waals surface area contributed by atoms with E-state index in [0.717, 1.165) is 32.1 Å². The maximum absolute atomic E-state index is 11.8. The fourth-order valence-electron chi connectivity index (χ4n) is 3.22. The zero-order valence-corrected chi connectivity index (χ0v) is 15.6. The van der Waals surface area contributed by atoms with Crippen molar-refractivity contribution in [2.45, 2.75) is 52.4 Å². The number of hydrogen-bond acceptors (Lipinski definition) is 3. The average molecular weight is 352 g/mol. The molecule has 5 heteroatoms. The first-order chi connectivity index (χ1) is 11.4. The lowest BCUT2D eigenvalue weighted by molar-refractivity contribution is -0.121. The third-order valence-electron chi connectivity index (χ3n) is 4.88. The van der Waals surface area contributed by atoms with Crippen LogP contribution in [-0.4, -0.2) is 32.4 Å². The Labute approximate surface area is 146 Å². The Morgan fingerprint density at radius 2 is 2.00 bits per heavy atom. The van der Waals surface area contributed by atoms with Gasteiger partial charge in [-0.3, -0.25) is 4.79 Å². The molecule has 1 aliphatic heterocycles. The number of benzene rings is 1. The molecule has 1 atom stereocenters. The van der Waals surface area contributed by atoms with Crippen molar-refractivity contribution in [2.75, 3.05) is 18.1 Å². The number of carbonyl (C=O) groups is 1. The molecule has 1 saturated heterocycles. The minimum atomic E-state index is -2.78. The van der Waals surface area contributed by atoms with Crippen molar-refractivity contribution >= 4 is 15.7 Å². The molecule has 24 heavy (non-hydrogen) atoms. The van der Waals surface area contributed by atoms with Crippen molar-refractivity contribution in [3.8, 4) is 0 Å². The van der Waals surface area contributed by atoms with E-state index in [-0.39, 0.29) is 11.8 Å². The van der Waals surface area contributed by atoms with E-state index in [1.807, 2.05) is 0 Å². The van der Waals surface area contributed by atoms with Crippen LogP contribution in [0.4, 0.5) is 0 Å². The Kier molecular flexibility index (Phi) is 6.84. The fourth-order valence-corrected chi connectivity index (χ4v) is 5.13. The predicted molar refractivity (Wildman–Crippen MR) is 97.9 cm³/mol. The zero-order valence-electron chi connectivity index (χ0n) is 14.8. The highest BCUT2D eigenvalue weighted by Crippen LogP contribution is 2.22. The quantitative estimate of drug-likeness (QED) is 0.733. The molecule has 1 unspecified atom stereocenters. The van der Waals surface area contributed by atoms with Gasteiger partial charge in [0.15, 0.2) is 9.84 Å². The van der Waals surface area contributed by atoms with Crippen molar-refractivity contribution in [1.82, 2.24) is 5.32 Å². The second kappa shape index (κ2) is 8.65. The summed E-state index contributed by atoms with van der Waals surface area (Å²) in [6, 6.07) is 6.47. The molecule has 1 aliphatic rings. The first-order valence-electron chi connectivity index (χ1n) is 8.89. The van der Waals surface area contributed by atoms with E-state index in [4.69, 9.17) is 0 Å². The highest BCUT2D eigenvalue weighted by Gasteiger charge is 2.27. The van der Waals surface area contributed by atoms with Gasteiger partial charge in [0.05, 0.1) is 11.5 Å². The molecule has 1 aromatic carbocycles. The molecule has 0 bridgehead atoms. The summed E-state index contributed by atoms with van der Waals surface area (Å²) in [5.74, 6) is 1.05. The van der Waals surface area contributed by atoms with Crippen LogP contribution >= 0.6 is 0 Å². The number of sulfone groups is 1. The fraction of sp³-hybridized carbons (Fsp3) is 0.632. The summed E-state index contributed by atoms with van der Waals surface area (Å²) in [6.45, 7) is 4.87. The van der Waals surface area contributed by atoms with E-state index in [9.17, 15) is 13.2 Å². The Morgan fingerprint density at radius 3 is 2.67 bits per heavy atom. The summed E-state index contributed by atoms with van der Waals surface area (Å²) in [6.07, 6.45) is 4.87. The SMILES string of the molecule is Cc1ccc(CCCC(=O)NCCCC2CCS(=O)(=O)C2)cc1C. The van der Waals surface area contributed by atoms with Crippen LogP contribution in [0.2, 0.25) is 0 Å². The van der Waals surface area contributed by atoms with Crippen molar-refractivity contribution in [2.24, 2.45) is 5.92 Å². The number of amides is 1. The second-order valence-electron chi connectivity index (χ2n) is 7.03. The van der Waals surface area contributed by atoms with Gasteiger partial charge in [0.2, 0.25) is 5.91 Å². The molecule has 1 fully saturated rings. The molecular formula is C19H29NO3S. The maximum Gasteiger partial charge on any atom is 0.220 e. The molecular weight excluding hydrogens is 322 g/mol. The minimum absolute atomic E-state index is 0.0953. The summed E-state index contributed by atoms with van der Waals surface area (Å²) in [7, 11) is -2.78. The van der Waals surface area contributed by atoms with Crippen LogP contribution in [-0.2, 0) is 21.1 Å². The molecule has 1 heterocycles. The number of nitrogens with one attached hydrogen (secondary N) is 1. The molecule has 1 aromatic rings. The smallest absolute Gasteiger partial charge is 0.220 e. The van der Waals surface area contributed by atoms with Crippen LogP contribution < -0.4 is 5.32 Å². The largest absolute Gasteiger partial charge is 0.356 e. The van der Waals surface area contributed by atoms with E-state index in [2.05, 4.69) is 37.4 Å². The summed E-state index contributed by atoms with van der Waals surface area (Å²) in [5, 5.41) is 2.95. The van der Waals surface area contributed by atoms with Gasteiger partial charge in [0.25, 0.3) is 0 Å². The third-order valence-corrected chi connectivity index (χ3v) is 6.72. The van der Waals surface area contributed by atoms with Crippen molar-refractivity contribution in [1.29, 1.82) is 0 Å². The van der Waals surface area contributed by atoms with Gasteiger partial charge in [-0.05, 0) is 68.6 Å². The van der Waals surface area contributed by atoms with Crippen LogP contribution in [0, 0.1) is 19.8 Å². The van der Waals surface area contributed by atoms with Crippen LogP contribution in [0.5, 0.6) is 0 Å². The van der Waals surface area contributed by atoms with Gasteiger partial charge in [-0.2, -0.15) is 0 Å². The van der Waals surface area contributed by atoms with Gasteiger partial charge >= 0.3 is 0 Å². The van der Waals surface area contributed by atoms with Crippen molar-refractivity contribution in [3.63, 3.8) is 0 Å². The molecule has 134 valence electrons. The lowest BCUT2D eigenvalue weighted by atomic mass is 10.0. The van der Waals surface area contributed by atoms with Gasteiger partial charge in [-0.1, -0.05) is 18.2 Å². The standard InChI is InChI=1S/C19H29NO3S/c1-15-8-9-17(13-16(15)2)5-3-7-19(21)20-11-4-6-18-10-12-24(22,23)14-18/h8-9,13,18H,3-7,10-12,14H2,1-2H3,(H,20,21). The van der Waals surface area contributed by atoms with Gasteiger partial charge < -0.3 is 5.32 Å². The number of carbonyl (C=O) groups excluding carboxylic acids is 1. The normalized spacial score (nSPS) is 19.3. The second-order valence-corrected chi connectivity index (χ2v) is 9.26. The monoisotopic (exact) mass is 351 g/mol. The Morgan fingerprint density at radius 1 is 1.21 bits per heavy atom. The van der Waals surface area contributed by atoms with Crippen LogP contribution in [0.25, 0.3) is 0 Å². The van der Waals surface area contributed by atoms with Gasteiger partial charge in [0.1, 0.15) is 0 Å². The molecule has 1 amide bonds. The zero-order chi connectivity index (χ0) is 17.6. The highest BCUT2D eigenvalue weighted by molar-refractivity contribution is 7.91. The summed E-state index contributed by atoms with van der Waals surface area (Å²) >= 11 is 0. The molecule has 0 aliphatic carbocycles. The van der Waals surface area contributed by atoms with Crippen LogP contribution in [0.15, 0.2) is 18.2 Å². The van der Waals surface area contributed by atoms with E-state index < -0.39 is 9.84 Å². The van der Waals surface area contributed by atoms with Crippen LogP contribution in [0.3, 0.4) is 0 Å². The highest BCUT2D eigenvalue weighted by atomic mass is 32.2. The Bertz CT molecular complexity index is 667. The summed E-state index contributed by atoms with van der Waals surface area (Å²) in [5.41, 5.74) is 3.88. The van der Waals surface area contributed by atoms with E-state index in [0.29, 0.717) is 24.5 Å². The third kappa shape index (κ3) is 6.27. The topological polar surface area (TPSA) is 63.2 Å². The molecule has 0 aromatic heterocycles. The summed E-state index contributed by atoms with van der Waals surface area (Å²) in [4.78, 5) is 11.8. The van der Waals surface area contributed by atoms with Gasteiger partial charge in [-0.25, -0.2) is 8.42 Å². The lowest BCUT2D eigenvalue weighted by Gasteiger charge is -2.09. The Balaban J connectivity index is 1.56. The molecule has 1 N–H and O–H groups in total. The van der Waals surface area contributed by atoms with Gasteiger partial charge in [0, 0.05) is 13.0 Å². The predicted octanol–water partition coefficient (Wildman–Crippen LogP) is 2.96. The molecule has 4 nitrogen and oxygen atoms in total. The van der Waals surface area contributed by atoms with E-state index >= 15 is 0 Å². The van der Waals surface area contributed by atoms with Crippen molar-refractivity contribution in [3.05, 3.63) is 34.9 Å². The van der Waals surface area contributed by atoms with Gasteiger partial charge in [-0.15, -0.1) is 0 Å². The van der Waals surface area contributed by atoms with E-state index in [1.54, 1.807) is 0 Å². The average Bonchev–Trinajstić information content (AvgIpc) is 2.86. The Hall–Kier alpha value is -1.36. The summed E-state index contributed by atoms with van der Waals surface area (Å²) < 4.78 is 22.8. The molecule has 2 rings (SSSR count). The lowest BCUT2D eigenvalue weighted by Crippen LogP contribution is -2.24. The number of hydrogen-bond donors (Lipinski definition) is 1. The van der Waals surface area contributed by atoms with Crippen molar-refractivity contribution < 1.29 is 13.2 Å². The first kappa shape index (κ1) is 19.0.